The Morgan fingerprint density at radius 3 is 2.71 bits per heavy atom. The highest BCUT2D eigenvalue weighted by Crippen LogP contribution is 2.23. The molecule has 1 aromatic rings. The van der Waals surface area contributed by atoms with Gasteiger partial charge in [-0.2, -0.15) is 0 Å². The molecule has 0 aliphatic carbocycles. The molecule has 3 nitrogen and oxygen atoms in total. The largest absolute Gasteiger partial charge is 0.508 e. The zero-order chi connectivity index (χ0) is 10.6. The van der Waals surface area contributed by atoms with Crippen molar-refractivity contribution in [2.24, 2.45) is 0 Å². The van der Waals surface area contributed by atoms with E-state index >= 15 is 0 Å². The highest BCUT2D eigenvalue weighted by Gasteiger charge is 2.04. The summed E-state index contributed by atoms with van der Waals surface area (Å²) < 4.78 is 5.16. The number of ether oxygens (including phenoxy) is 1. The van der Waals surface area contributed by atoms with Crippen LogP contribution in [0.4, 0.5) is 0 Å². The van der Waals surface area contributed by atoms with Crippen molar-refractivity contribution in [1.29, 1.82) is 0 Å². The lowest BCUT2D eigenvalue weighted by Crippen LogP contribution is -2.22. The van der Waals surface area contributed by atoms with Crippen LogP contribution >= 0.6 is 0 Å². The van der Waals surface area contributed by atoms with Gasteiger partial charge in [-0.05, 0) is 6.07 Å². The van der Waals surface area contributed by atoms with Gasteiger partial charge in [-0.3, -0.25) is 0 Å². The van der Waals surface area contributed by atoms with E-state index < -0.39 is 0 Å². The van der Waals surface area contributed by atoms with E-state index in [0.29, 0.717) is 6.04 Å². The van der Waals surface area contributed by atoms with Crippen molar-refractivity contribution >= 4 is 0 Å². The molecule has 0 atom stereocenters. The van der Waals surface area contributed by atoms with Crippen LogP contribution in [-0.2, 0) is 6.54 Å². The van der Waals surface area contributed by atoms with E-state index in [-0.39, 0.29) is 5.75 Å². The van der Waals surface area contributed by atoms with E-state index in [0.717, 1.165) is 17.9 Å². The van der Waals surface area contributed by atoms with Crippen LogP contribution in [-0.4, -0.2) is 18.3 Å². The fraction of sp³-hybridized carbons (Fsp3) is 0.455. The van der Waals surface area contributed by atoms with E-state index in [4.69, 9.17) is 4.74 Å². The topological polar surface area (TPSA) is 41.5 Å². The van der Waals surface area contributed by atoms with E-state index in [1.54, 1.807) is 19.2 Å². The van der Waals surface area contributed by atoms with Gasteiger partial charge < -0.3 is 15.2 Å². The van der Waals surface area contributed by atoms with Gasteiger partial charge in [-0.25, -0.2) is 0 Å². The predicted octanol–water partition coefficient (Wildman–Crippen LogP) is 1.90. The summed E-state index contributed by atoms with van der Waals surface area (Å²) in [6.45, 7) is 4.93. The van der Waals surface area contributed by atoms with Crippen LogP contribution in [0.5, 0.6) is 11.5 Å². The van der Waals surface area contributed by atoms with Gasteiger partial charge in [0.1, 0.15) is 11.5 Å². The molecular weight excluding hydrogens is 178 g/mol. The lowest BCUT2D eigenvalue weighted by molar-refractivity contribution is 0.399. The lowest BCUT2D eigenvalue weighted by Gasteiger charge is -2.11. The molecule has 0 unspecified atom stereocenters. The van der Waals surface area contributed by atoms with Crippen molar-refractivity contribution in [3.05, 3.63) is 23.8 Å². The summed E-state index contributed by atoms with van der Waals surface area (Å²) in [5, 5.41) is 12.5. The molecule has 0 aliphatic rings. The SMILES string of the molecule is COc1cc(O)ccc1CNC(C)C. The van der Waals surface area contributed by atoms with Crippen molar-refractivity contribution in [2.45, 2.75) is 26.4 Å². The Morgan fingerprint density at radius 2 is 2.14 bits per heavy atom. The third kappa shape index (κ3) is 2.92. The Balaban J connectivity index is 2.75. The second-order valence-corrected chi connectivity index (χ2v) is 3.53. The molecule has 0 saturated heterocycles. The van der Waals surface area contributed by atoms with E-state index in [9.17, 15) is 5.11 Å². The second kappa shape index (κ2) is 4.86. The number of benzene rings is 1. The summed E-state index contributed by atoms with van der Waals surface area (Å²) in [4.78, 5) is 0. The van der Waals surface area contributed by atoms with Crippen LogP contribution in [0.2, 0.25) is 0 Å². The summed E-state index contributed by atoms with van der Waals surface area (Å²) in [7, 11) is 1.60. The molecule has 0 spiro atoms. The number of hydrogen-bond donors (Lipinski definition) is 2. The highest BCUT2D eigenvalue weighted by molar-refractivity contribution is 5.39. The van der Waals surface area contributed by atoms with E-state index in [2.05, 4.69) is 19.2 Å². The number of rotatable bonds is 4. The van der Waals surface area contributed by atoms with Crippen molar-refractivity contribution in [2.75, 3.05) is 7.11 Å². The molecule has 78 valence electrons. The maximum absolute atomic E-state index is 9.25. The molecular formula is C11H17NO2. The van der Waals surface area contributed by atoms with Crippen LogP contribution in [0.3, 0.4) is 0 Å². The summed E-state index contributed by atoms with van der Waals surface area (Å²) in [6, 6.07) is 5.59. The summed E-state index contributed by atoms with van der Waals surface area (Å²) in [5.74, 6) is 0.952. The van der Waals surface area contributed by atoms with Gasteiger partial charge in [0.15, 0.2) is 0 Å². The molecule has 0 aliphatic heterocycles. The third-order valence-corrected chi connectivity index (χ3v) is 1.97. The van der Waals surface area contributed by atoms with Gasteiger partial charge in [0.2, 0.25) is 0 Å². The smallest absolute Gasteiger partial charge is 0.127 e. The molecule has 0 saturated carbocycles. The van der Waals surface area contributed by atoms with Crippen molar-refractivity contribution in [3.63, 3.8) is 0 Å². The van der Waals surface area contributed by atoms with Gasteiger partial charge in [-0.15, -0.1) is 0 Å². The molecule has 2 N–H and O–H groups in total. The first-order chi connectivity index (χ1) is 6.63. The van der Waals surface area contributed by atoms with Gasteiger partial charge in [0, 0.05) is 24.2 Å². The zero-order valence-corrected chi connectivity index (χ0v) is 8.87. The highest BCUT2D eigenvalue weighted by atomic mass is 16.5. The summed E-state index contributed by atoms with van der Waals surface area (Å²) in [6.07, 6.45) is 0. The Bertz CT molecular complexity index is 297. The van der Waals surface area contributed by atoms with Crippen molar-refractivity contribution in [1.82, 2.24) is 5.32 Å². The fourth-order valence-electron chi connectivity index (χ4n) is 1.19. The molecule has 3 heteroatoms. The number of phenols is 1. The number of methoxy groups -OCH3 is 1. The second-order valence-electron chi connectivity index (χ2n) is 3.53. The van der Waals surface area contributed by atoms with Gasteiger partial charge >= 0.3 is 0 Å². The van der Waals surface area contributed by atoms with Crippen LogP contribution in [0.15, 0.2) is 18.2 Å². The molecule has 0 bridgehead atoms. The van der Waals surface area contributed by atoms with E-state index in [1.807, 2.05) is 6.07 Å². The third-order valence-electron chi connectivity index (χ3n) is 1.97. The first kappa shape index (κ1) is 10.9. The lowest BCUT2D eigenvalue weighted by atomic mass is 10.2. The maximum atomic E-state index is 9.25. The Hall–Kier alpha value is -1.22. The zero-order valence-electron chi connectivity index (χ0n) is 8.87. The van der Waals surface area contributed by atoms with Crippen LogP contribution < -0.4 is 10.1 Å². The minimum Gasteiger partial charge on any atom is -0.508 e. The molecule has 0 radical (unpaired) electrons. The van der Waals surface area contributed by atoms with Gasteiger partial charge in [-0.1, -0.05) is 19.9 Å². The molecule has 14 heavy (non-hydrogen) atoms. The predicted molar refractivity (Wildman–Crippen MR) is 56.6 cm³/mol. The maximum Gasteiger partial charge on any atom is 0.127 e. The molecule has 1 rings (SSSR count). The molecule has 0 aromatic heterocycles. The Morgan fingerprint density at radius 1 is 1.43 bits per heavy atom. The number of phenolic OH excluding ortho intramolecular Hbond substituents is 1. The first-order valence-corrected chi connectivity index (χ1v) is 4.72. The summed E-state index contributed by atoms with van der Waals surface area (Å²) >= 11 is 0. The van der Waals surface area contributed by atoms with E-state index in [1.165, 1.54) is 0 Å². The molecule has 1 aromatic carbocycles. The first-order valence-electron chi connectivity index (χ1n) is 4.72. The Labute approximate surface area is 84.7 Å². The van der Waals surface area contributed by atoms with Crippen LogP contribution in [0, 0.1) is 0 Å². The van der Waals surface area contributed by atoms with Crippen LogP contribution in [0.1, 0.15) is 19.4 Å². The normalized spacial score (nSPS) is 10.6. The Kier molecular flexibility index (Phi) is 3.77. The average Bonchev–Trinajstić information content (AvgIpc) is 2.15. The summed E-state index contributed by atoms with van der Waals surface area (Å²) in [5.41, 5.74) is 1.05. The number of aromatic hydroxyl groups is 1. The fourth-order valence-corrected chi connectivity index (χ4v) is 1.19. The standard InChI is InChI=1S/C11H17NO2/c1-8(2)12-7-9-4-5-10(13)6-11(9)14-3/h4-6,8,12-13H,7H2,1-3H3. The quantitative estimate of drug-likeness (QED) is 0.771. The minimum absolute atomic E-state index is 0.232. The minimum atomic E-state index is 0.232. The van der Waals surface area contributed by atoms with Crippen molar-refractivity contribution in [3.8, 4) is 11.5 Å². The van der Waals surface area contributed by atoms with Gasteiger partial charge in [0.05, 0.1) is 7.11 Å². The monoisotopic (exact) mass is 195 g/mol. The van der Waals surface area contributed by atoms with Crippen molar-refractivity contribution < 1.29 is 9.84 Å². The van der Waals surface area contributed by atoms with Crippen LogP contribution in [0.25, 0.3) is 0 Å². The average molecular weight is 195 g/mol. The number of nitrogens with one attached hydrogen (secondary N) is 1. The molecule has 0 fully saturated rings. The van der Waals surface area contributed by atoms with Gasteiger partial charge in [0.25, 0.3) is 0 Å². The molecule has 0 amide bonds. The molecule has 0 heterocycles. The number of hydrogen-bond acceptors (Lipinski definition) is 3.